The minimum absolute atomic E-state index is 0. The second kappa shape index (κ2) is 12.3. The van der Waals surface area contributed by atoms with Crippen molar-refractivity contribution in [2.24, 2.45) is 10.9 Å². The van der Waals surface area contributed by atoms with E-state index in [1.807, 2.05) is 6.92 Å². The van der Waals surface area contributed by atoms with Gasteiger partial charge in [-0.1, -0.05) is 26.7 Å². The number of rotatable bonds is 9. The maximum absolute atomic E-state index is 11.8. The summed E-state index contributed by atoms with van der Waals surface area (Å²) in [6.07, 6.45) is 4.30. The fourth-order valence-electron chi connectivity index (χ4n) is 2.67. The molecule has 0 aromatic rings. The highest BCUT2D eigenvalue weighted by molar-refractivity contribution is 14.0. The molecule has 2 N–H and O–H groups in total. The van der Waals surface area contributed by atoms with Crippen LogP contribution >= 0.6 is 24.0 Å². The Labute approximate surface area is 165 Å². The number of aliphatic imine (C=N–C) groups is 1. The quantitative estimate of drug-likeness (QED) is 0.306. The number of hydrogen-bond acceptors (Lipinski definition) is 3. The van der Waals surface area contributed by atoms with Gasteiger partial charge < -0.3 is 10.6 Å². The average molecular weight is 474 g/mol. The molecule has 1 unspecified atom stereocenters. The molecule has 1 aliphatic heterocycles. The van der Waals surface area contributed by atoms with Crippen LogP contribution in [0.25, 0.3) is 0 Å². The summed E-state index contributed by atoms with van der Waals surface area (Å²) in [6, 6.07) is 0.363. The van der Waals surface area contributed by atoms with Gasteiger partial charge >= 0.3 is 0 Å². The number of nitrogens with one attached hydrogen (secondary N) is 2. The van der Waals surface area contributed by atoms with E-state index in [0.717, 1.165) is 31.3 Å². The SMILES string of the molecule is CCNC(=NCCN1CCCS1(=O)=O)NC(C)CCCC(C)C.I. The first kappa shape index (κ1) is 23.9. The summed E-state index contributed by atoms with van der Waals surface area (Å²) in [5.41, 5.74) is 0. The van der Waals surface area contributed by atoms with E-state index in [1.165, 1.54) is 12.8 Å². The third-order valence-electron chi connectivity index (χ3n) is 3.97. The summed E-state index contributed by atoms with van der Waals surface area (Å²) >= 11 is 0. The second-order valence-corrected chi connectivity index (χ2v) is 8.79. The number of guanidine groups is 1. The van der Waals surface area contributed by atoms with E-state index in [-0.39, 0.29) is 29.7 Å². The molecule has 1 aliphatic rings. The van der Waals surface area contributed by atoms with Crippen LogP contribution in [0.1, 0.15) is 53.4 Å². The highest BCUT2D eigenvalue weighted by Gasteiger charge is 2.27. The largest absolute Gasteiger partial charge is 0.357 e. The van der Waals surface area contributed by atoms with Crippen LogP contribution in [-0.2, 0) is 10.0 Å². The predicted molar refractivity (Wildman–Crippen MR) is 113 cm³/mol. The van der Waals surface area contributed by atoms with Crippen molar-refractivity contribution in [1.82, 2.24) is 14.9 Å². The van der Waals surface area contributed by atoms with Crippen molar-refractivity contribution in [3.8, 4) is 0 Å². The van der Waals surface area contributed by atoms with Crippen LogP contribution in [0.15, 0.2) is 4.99 Å². The van der Waals surface area contributed by atoms with Gasteiger partial charge in [0.2, 0.25) is 10.0 Å². The number of hydrogen-bond donors (Lipinski definition) is 2. The molecule has 0 aliphatic carbocycles. The van der Waals surface area contributed by atoms with Crippen LogP contribution in [0.2, 0.25) is 0 Å². The van der Waals surface area contributed by atoms with E-state index in [0.29, 0.717) is 25.7 Å². The van der Waals surface area contributed by atoms with E-state index < -0.39 is 10.0 Å². The minimum Gasteiger partial charge on any atom is -0.357 e. The van der Waals surface area contributed by atoms with E-state index in [4.69, 9.17) is 0 Å². The molecule has 0 bridgehead atoms. The smallest absolute Gasteiger partial charge is 0.214 e. The molecule has 1 saturated heterocycles. The monoisotopic (exact) mass is 474 g/mol. The lowest BCUT2D eigenvalue weighted by molar-refractivity contribution is 0.451. The van der Waals surface area contributed by atoms with Gasteiger partial charge in [0.1, 0.15) is 0 Å². The molecule has 0 saturated carbocycles. The van der Waals surface area contributed by atoms with Gasteiger partial charge in [-0.2, -0.15) is 0 Å². The van der Waals surface area contributed by atoms with E-state index in [1.54, 1.807) is 4.31 Å². The molecule has 0 spiro atoms. The molecule has 1 heterocycles. The Morgan fingerprint density at radius 2 is 1.96 bits per heavy atom. The molecule has 24 heavy (non-hydrogen) atoms. The number of sulfonamides is 1. The minimum atomic E-state index is -3.02. The van der Waals surface area contributed by atoms with Gasteiger partial charge in [0, 0.05) is 25.7 Å². The van der Waals surface area contributed by atoms with Gasteiger partial charge in [0.05, 0.1) is 12.3 Å². The van der Waals surface area contributed by atoms with Gasteiger partial charge in [-0.05, 0) is 32.6 Å². The third kappa shape index (κ3) is 9.41. The second-order valence-electron chi connectivity index (χ2n) is 6.70. The molecular formula is C16H35IN4O2S. The Balaban J connectivity index is 0.00000529. The van der Waals surface area contributed by atoms with E-state index in [2.05, 4.69) is 36.4 Å². The Kier molecular flexibility index (Phi) is 12.2. The number of halogens is 1. The lowest BCUT2D eigenvalue weighted by Gasteiger charge is -2.19. The standard InChI is InChI=1S/C16H34N4O2S.HI/c1-5-17-16(19-15(4)9-6-8-14(2)3)18-10-12-20-11-7-13-23(20,21)22;/h14-15H,5-13H2,1-4H3,(H2,17,18,19);1H. The Hall–Kier alpha value is -0.0900. The Bertz CT molecular complexity index is 469. The van der Waals surface area contributed by atoms with Crippen LogP contribution in [0.3, 0.4) is 0 Å². The third-order valence-corrected chi connectivity index (χ3v) is 5.92. The summed E-state index contributed by atoms with van der Waals surface area (Å²) in [4.78, 5) is 4.51. The first-order valence-electron chi connectivity index (χ1n) is 8.87. The zero-order valence-electron chi connectivity index (χ0n) is 15.5. The van der Waals surface area contributed by atoms with Crippen molar-refractivity contribution in [2.75, 3.05) is 31.9 Å². The highest BCUT2D eigenvalue weighted by Crippen LogP contribution is 2.12. The molecular weight excluding hydrogens is 439 g/mol. The first-order valence-corrected chi connectivity index (χ1v) is 10.5. The van der Waals surface area contributed by atoms with Crippen LogP contribution in [-0.4, -0.2) is 56.7 Å². The van der Waals surface area contributed by atoms with Gasteiger partial charge in [-0.25, -0.2) is 12.7 Å². The van der Waals surface area contributed by atoms with E-state index >= 15 is 0 Å². The lowest BCUT2D eigenvalue weighted by Crippen LogP contribution is -2.42. The average Bonchev–Trinajstić information content (AvgIpc) is 2.77. The van der Waals surface area contributed by atoms with Crippen molar-refractivity contribution < 1.29 is 8.42 Å². The van der Waals surface area contributed by atoms with Gasteiger partial charge in [0.25, 0.3) is 0 Å². The molecule has 8 heteroatoms. The highest BCUT2D eigenvalue weighted by atomic mass is 127. The molecule has 144 valence electrons. The van der Waals surface area contributed by atoms with Gasteiger partial charge in [0.15, 0.2) is 5.96 Å². The molecule has 0 amide bonds. The Morgan fingerprint density at radius 1 is 1.25 bits per heavy atom. The van der Waals surface area contributed by atoms with E-state index in [9.17, 15) is 8.42 Å². The van der Waals surface area contributed by atoms with Gasteiger partial charge in [-0.3, -0.25) is 4.99 Å². The number of nitrogens with zero attached hydrogens (tertiary/aromatic N) is 2. The summed E-state index contributed by atoms with van der Waals surface area (Å²) in [5, 5.41) is 6.64. The molecule has 1 rings (SSSR count). The fourth-order valence-corrected chi connectivity index (χ4v) is 4.19. The summed E-state index contributed by atoms with van der Waals surface area (Å²) in [7, 11) is -3.02. The van der Waals surface area contributed by atoms with Crippen molar-refractivity contribution in [1.29, 1.82) is 0 Å². The van der Waals surface area contributed by atoms with Crippen molar-refractivity contribution >= 4 is 40.0 Å². The first-order chi connectivity index (χ1) is 10.8. The molecule has 1 atom stereocenters. The molecule has 0 aromatic heterocycles. The van der Waals surface area contributed by atoms with Crippen LogP contribution < -0.4 is 10.6 Å². The van der Waals surface area contributed by atoms with Gasteiger partial charge in [-0.15, -0.1) is 24.0 Å². The topological polar surface area (TPSA) is 73.8 Å². The molecule has 0 aromatic carbocycles. The van der Waals surface area contributed by atoms with Crippen LogP contribution in [0, 0.1) is 5.92 Å². The summed E-state index contributed by atoms with van der Waals surface area (Å²) < 4.78 is 25.1. The molecule has 6 nitrogen and oxygen atoms in total. The predicted octanol–water partition coefficient (Wildman–Crippen LogP) is 2.41. The summed E-state index contributed by atoms with van der Waals surface area (Å²) in [6.45, 7) is 11.1. The fraction of sp³-hybridized carbons (Fsp3) is 0.938. The van der Waals surface area contributed by atoms with Crippen molar-refractivity contribution in [3.05, 3.63) is 0 Å². The van der Waals surface area contributed by atoms with Crippen molar-refractivity contribution in [3.63, 3.8) is 0 Å². The zero-order valence-corrected chi connectivity index (χ0v) is 18.7. The Morgan fingerprint density at radius 3 is 2.50 bits per heavy atom. The van der Waals surface area contributed by atoms with Crippen molar-refractivity contribution in [2.45, 2.75) is 59.4 Å². The molecule has 0 radical (unpaired) electrons. The molecule has 1 fully saturated rings. The summed E-state index contributed by atoms with van der Waals surface area (Å²) in [5.74, 6) is 1.80. The normalized spacial score (nSPS) is 19.1. The maximum Gasteiger partial charge on any atom is 0.214 e. The van der Waals surface area contributed by atoms with Crippen LogP contribution in [0.5, 0.6) is 0 Å². The van der Waals surface area contributed by atoms with Crippen LogP contribution in [0.4, 0.5) is 0 Å². The maximum atomic E-state index is 11.8. The lowest BCUT2D eigenvalue weighted by atomic mass is 10.0. The zero-order chi connectivity index (χ0) is 17.3.